The van der Waals surface area contributed by atoms with Crippen LogP contribution in [-0.2, 0) is 25.4 Å². The number of anilines is 1. The Morgan fingerprint density at radius 1 is 1.02 bits per heavy atom. The average molecular weight is 646 g/mol. The van der Waals surface area contributed by atoms with Gasteiger partial charge in [0.1, 0.15) is 11.6 Å². The fourth-order valence-electron chi connectivity index (χ4n) is 4.58. The van der Waals surface area contributed by atoms with Crippen LogP contribution in [0.1, 0.15) is 16.7 Å². The zero-order chi connectivity index (χ0) is 32.4. The van der Waals surface area contributed by atoms with Gasteiger partial charge >= 0.3 is 11.7 Å². The summed E-state index contributed by atoms with van der Waals surface area (Å²) in [5, 5.41) is 13.2. The molecule has 11 nitrogen and oxygen atoms in total. The molecule has 0 bridgehead atoms. The Bertz CT molecular complexity index is 2160. The van der Waals surface area contributed by atoms with E-state index >= 15 is 0 Å². The summed E-state index contributed by atoms with van der Waals surface area (Å²) in [6.07, 6.45) is 1.42. The number of fused-ring (bicyclic) bond motifs is 1. The van der Waals surface area contributed by atoms with Gasteiger partial charge in [-0.1, -0.05) is 53.0 Å². The lowest BCUT2D eigenvalue weighted by Crippen LogP contribution is -2.37. The van der Waals surface area contributed by atoms with Gasteiger partial charge in [0.15, 0.2) is 22.7 Å². The highest BCUT2D eigenvalue weighted by atomic mass is 35.5. The van der Waals surface area contributed by atoms with E-state index in [2.05, 4.69) is 10.3 Å². The molecule has 45 heavy (non-hydrogen) atoms. The van der Waals surface area contributed by atoms with Crippen molar-refractivity contribution in [3.05, 3.63) is 114 Å². The Hall–Kier alpha value is -5.31. The van der Waals surface area contributed by atoms with E-state index in [9.17, 15) is 19.6 Å². The molecular formula is C32H26Cl2N6O5. The van der Waals surface area contributed by atoms with Crippen molar-refractivity contribution >= 4 is 52.0 Å². The van der Waals surface area contributed by atoms with Crippen LogP contribution in [0.4, 0.5) is 5.69 Å². The molecule has 3 aromatic carbocycles. The number of imidazole rings is 1. The van der Waals surface area contributed by atoms with Crippen LogP contribution in [0, 0.1) is 18.3 Å². The van der Waals surface area contributed by atoms with Crippen LogP contribution in [0.2, 0.25) is 10.0 Å². The molecule has 0 saturated carbocycles. The summed E-state index contributed by atoms with van der Waals surface area (Å²) in [5.74, 6) is -0.0924. The first-order valence-corrected chi connectivity index (χ1v) is 14.2. The fraction of sp³-hybridized carbons (Fsp3) is 0.156. The topological polar surface area (TPSA) is 133 Å². The molecule has 2 heterocycles. The van der Waals surface area contributed by atoms with Crippen molar-refractivity contribution < 1.29 is 14.3 Å². The maximum Gasteiger partial charge on any atom is 0.332 e. The number of nitrogens with zero attached hydrogens (tertiary/aromatic N) is 5. The number of carbonyl (C=O) groups excluding carboxylic acids is 1. The maximum absolute atomic E-state index is 13.3. The molecule has 1 N–H and O–H groups in total. The Morgan fingerprint density at radius 3 is 2.42 bits per heavy atom. The van der Waals surface area contributed by atoms with Crippen LogP contribution in [0.15, 0.2) is 75.8 Å². The number of benzene rings is 3. The predicted molar refractivity (Wildman–Crippen MR) is 172 cm³/mol. The number of amides is 1. The van der Waals surface area contributed by atoms with Gasteiger partial charge in [0.2, 0.25) is 0 Å². The zero-order valence-electron chi connectivity index (χ0n) is 24.6. The van der Waals surface area contributed by atoms with E-state index in [4.69, 9.17) is 32.7 Å². The van der Waals surface area contributed by atoms with Crippen LogP contribution in [-0.4, -0.2) is 31.7 Å². The summed E-state index contributed by atoms with van der Waals surface area (Å²) in [6.45, 7) is 2.00. The molecule has 0 radical (unpaired) electrons. The number of nitrogens with one attached hydrogen (secondary N) is 1. The Kier molecular flexibility index (Phi) is 8.81. The molecule has 0 unspecified atom stereocenters. The van der Waals surface area contributed by atoms with E-state index in [1.807, 2.05) is 25.1 Å². The molecule has 13 heteroatoms. The molecule has 0 spiro atoms. The van der Waals surface area contributed by atoms with Gasteiger partial charge in [-0.3, -0.25) is 23.3 Å². The molecule has 5 aromatic rings. The number of hydrogen-bond acceptors (Lipinski definition) is 7. The lowest BCUT2D eigenvalue weighted by Gasteiger charge is -2.13. The molecule has 0 aliphatic rings. The van der Waals surface area contributed by atoms with Gasteiger partial charge in [-0.25, -0.2) is 4.79 Å². The predicted octanol–water partition coefficient (Wildman–Crippen LogP) is 5.44. The lowest BCUT2D eigenvalue weighted by molar-refractivity contribution is -0.112. The van der Waals surface area contributed by atoms with Crippen LogP contribution in [0.3, 0.4) is 0 Å². The third-order valence-electron chi connectivity index (χ3n) is 7.03. The summed E-state index contributed by atoms with van der Waals surface area (Å²) < 4.78 is 15.5. The Morgan fingerprint density at radius 2 is 1.76 bits per heavy atom. The van der Waals surface area contributed by atoms with Gasteiger partial charge in [-0.15, -0.1) is 0 Å². The number of ether oxygens (including phenoxy) is 2. The van der Waals surface area contributed by atoms with Gasteiger partial charge in [-0.2, -0.15) is 10.2 Å². The molecule has 5 rings (SSSR count). The van der Waals surface area contributed by atoms with Gasteiger partial charge in [0.05, 0.1) is 13.7 Å². The van der Waals surface area contributed by atoms with Crippen molar-refractivity contribution in [3.63, 3.8) is 0 Å². The van der Waals surface area contributed by atoms with Crippen molar-refractivity contribution in [2.24, 2.45) is 14.1 Å². The van der Waals surface area contributed by atoms with E-state index in [1.54, 1.807) is 48.5 Å². The number of nitriles is 1. The molecule has 0 aliphatic carbocycles. The van der Waals surface area contributed by atoms with Gasteiger partial charge in [-0.05, 0) is 60.5 Å². The molecular weight excluding hydrogens is 619 g/mol. The molecule has 0 aliphatic heterocycles. The second-order valence-electron chi connectivity index (χ2n) is 10.1. The Labute approximate surface area is 267 Å². The fourth-order valence-corrected chi connectivity index (χ4v) is 5.05. The van der Waals surface area contributed by atoms with E-state index in [0.717, 1.165) is 10.1 Å². The third-order valence-corrected chi connectivity index (χ3v) is 7.62. The van der Waals surface area contributed by atoms with Crippen LogP contribution in [0.5, 0.6) is 17.5 Å². The molecule has 0 fully saturated rings. The Balaban J connectivity index is 1.54. The van der Waals surface area contributed by atoms with Crippen LogP contribution < -0.4 is 26.0 Å². The second-order valence-corrected chi connectivity index (χ2v) is 10.9. The van der Waals surface area contributed by atoms with Crippen molar-refractivity contribution in [2.45, 2.75) is 13.5 Å². The van der Waals surface area contributed by atoms with E-state index in [1.165, 1.54) is 36.4 Å². The highest BCUT2D eigenvalue weighted by molar-refractivity contribution is 6.35. The number of carbonyl (C=O) groups is 1. The first-order chi connectivity index (χ1) is 21.5. The first kappa shape index (κ1) is 31.1. The zero-order valence-corrected chi connectivity index (χ0v) is 26.1. The molecule has 0 saturated heterocycles. The molecule has 2 aromatic heterocycles. The number of aromatic nitrogens is 4. The molecule has 1 amide bonds. The largest absolute Gasteiger partial charge is 0.493 e. The van der Waals surface area contributed by atoms with Gasteiger partial charge in [0, 0.05) is 29.8 Å². The number of hydrogen-bond donors (Lipinski definition) is 1. The minimum Gasteiger partial charge on any atom is -0.493 e. The van der Waals surface area contributed by atoms with Crippen molar-refractivity contribution in [1.82, 2.24) is 18.7 Å². The maximum atomic E-state index is 13.3. The molecule has 228 valence electrons. The summed E-state index contributed by atoms with van der Waals surface area (Å²) >= 11 is 12.5. The van der Waals surface area contributed by atoms with Crippen molar-refractivity contribution in [1.29, 1.82) is 5.26 Å². The smallest absolute Gasteiger partial charge is 0.332 e. The molecule has 0 atom stereocenters. The number of halogens is 2. The standard InChI is InChI=1S/C32H26Cl2N6O5/c1-18-5-10-23(11-6-18)36-29(41)21(16-35)13-19-7-12-25(26(14-19)44-4)45-31-37-28-27(30(42)39(3)32(43)38(28)2)40(31)17-20-8-9-22(33)15-24(20)34/h5-15H,17H2,1-4H3,(H,36,41). The quantitative estimate of drug-likeness (QED) is 0.175. The highest BCUT2D eigenvalue weighted by Crippen LogP contribution is 2.34. The third kappa shape index (κ3) is 6.33. The minimum atomic E-state index is -0.569. The summed E-state index contributed by atoms with van der Waals surface area (Å²) in [4.78, 5) is 43.2. The number of rotatable bonds is 8. The van der Waals surface area contributed by atoms with Crippen LogP contribution in [0.25, 0.3) is 17.2 Å². The van der Waals surface area contributed by atoms with Crippen molar-refractivity contribution in [3.8, 4) is 23.6 Å². The highest BCUT2D eigenvalue weighted by Gasteiger charge is 2.23. The second kappa shape index (κ2) is 12.7. The number of methoxy groups -OCH3 is 1. The summed E-state index contributed by atoms with van der Waals surface area (Å²) in [6, 6.07) is 18.9. The summed E-state index contributed by atoms with van der Waals surface area (Å²) in [7, 11) is 4.31. The average Bonchev–Trinajstić information content (AvgIpc) is 3.38. The van der Waals surface area contributed by atoms with Crippen LogP contribution >= 0.6 is 23.2 Å². The summed E-state index contributed by atoms with van der Waals surface area (Å²) in [5.41, 5.74) is 1.70. The van der Waals surface area contributed by atoms with Gasteiger partial charge < -0.3 is 14.8 Å². The normalized spacial score (nSPS) is 11.4. The van der Waals surface area contributed by atoms with Crippen molar-refractivity contribution in [2.75, 3.05) is 12.4 Å². The van der Waals surface area contributed by atoms with E-state index in [0.29, 0.717) is 26.9 Å². The monoisotopic (exact) mass is 644 g/mol. The van der Waals surface area contributed by atoms with E-state index < -0.39 is 17.2 Å². The number of aryl methyl sites for hydroxylation is 2. The van der Waals surface area contributed by atoms with E-state index in [-0.39, 0.29) is 40.8 Å². The minimum absolute atomic E-state index is 0.00824. The SMILES string of the molecule is COc1cc(C=C(C#N)C(=O)Nc2ccc(C)cc2)ccc1Oc1nc2c(c(=O)n(C)c(=O)n2C)n1Cc1ccc(Cl)cc1Cl. The lowest BCUT2D eigenvalue weighted by atomic mass is 10.1. The van der Waals surface area contributed by atoms with Gasteiger partial charge in [0.25, 0.3) is 11.5 Å². The first-order valence-electron chi connectivity index (χ1n) is 13.5.